The van der Waals surface area contributed by atoms with Gasteiger partial charge in [0.25, 0.3) is 0 Å². The highest BCUT2D eigenvalue weighted by molar-refractivity contribution is 6.30. The molecule has 3 nitrogen and oxygen atoms in total. The summed E-state index contributed by atoms with van der Waals surface area (Å²) in [6, 6.07) is -0.0591. The van der Waals surface area contributed by atoms with E-state index in [1.165, 1.54) is 12.4 Å². The SMILES string of the molecule is C#CC(Nc1ncc(Cl)cn1)C(C)C. The lowest BCUT2D eigenvalue weighted by atomic mass is 10.1. The Morgan fingerprint density at radius 1 is 1.43 bits per heavy atom. The second kappa shape index (κ2) is 4.83. The number of nitrogens with zero attached hydrogens (tertiary/aromatic N) is 2. The zero-order chi connectivity index (χ0) is 10.6. The number of hydrogen-bond donors (Lipinski definition) is 1. The van der Waals surface area contributed by atoms with E-state index < -0.39 is 0 Å². The fourth-order valence-electron chi connectivity index (χ4n) is 0.927. The highest BCUT2D eigenvalue weighted by Gasteiger charge is 2.10. The molecule has 1 aromatic rings. The third kappa shape index (κ3) is 2.90. The molecule has 1 atom stereocenters. The Kier molecular flexibility index (Phi) is 3.73. The molecule has 0 radical (unpaired) electrons. The maximum absolute atomic E-state index is 5.65. The number of hydrogen-bond acceptors (Lipinski definition) is 3. The second-order valence-corrected chi connectivity index (χ2v) is 3.69. The number of rotatable bonds is 3. The third-order valence-electron chi connectivity index (χ3n) is 1.75. The zero-order valence-corrected chi connectivity index (χ0v) is 8.92. The van der Waals surface area contributed by atoms with E-state index >= 15 is 0 Å². The summed E-state index contributed by atoms with van der Waals surface area (Å²) < 4.78 is 0. The number of nitrogens with one attached hydrogen (secondary N) is 1. The summed E-state index contributed by atoms with van der Waals surface area (Å²) in [5.74, 6) is 3.48. The molecule has 0 aliphatic carbocycles. The fourth-order valence-corrected chi connectivity index (χ4v) is 1.02. The smallest absolute Gasteiger partial charge is 0.223 e. The Balaban J connectivity index is 2.69. The van der Waals surface area contributed by atoms with Gasteiger partial charge >= 0.3 is 0 Å². The quantitative estimate of drug-likeness (QED) is 0.776. The van der Waals surface area contributed by atoms with E-state index in [1.54, 1.807) is 0 Å². The molecule has 1 unspecified atom stereocenters. The second-order valence-electron chi connectivity index (χ2n) is 3.26. The first kappa shape index (κ1) is 10.8. The van der Waals surface area contributed by atoms with Gasteiger partial charge in [-0.3, -0.25) is 0 Å². The minimum atomic E-state index is -0.0591. The number of aromatic nitrogens is 2. The van der Waals surface area contributed by atoms with Gasteiger partial charge in [-0.05, 0) is 5.92 Å². The van der Waals surface area contributed by atoms with Gasteiger partial charge in [0, 0.05) is 0 Å². The van der Waals surface area contributed by atoms with E-state index in [4.69, 9.17) is 18.0 Å². The molecule has 1 aromatic heterocycles. The topological polar surface area (TPSA) is 37.8 Å². The molecule has 0 saturated carbocycles. The van der Waals surface area contributed by atoms with E-state index in [0.717, 1.165) is 0 Å². The average Bonchev–Trinajstić information content (AvgIpc) is 2.16. The van der Waals surface area contributed by atoms with Crippen molar-refractivity contribution in [1.29, 1.82) is 0 Å². The van der Waals surface area contributed by atoms with Gasteiger partial charge in [0.15, 0.2) is 0 Å². The van der Waals surface area contributed by atoms with Crippen LogP contribution in [0.15, 0.2) is 12.4 Å². The number of terminal acetylenes is 1. The molecule has 0 fully saturated rings. The predicted molar refractivity (Wildman–Crippen MR) is 58.1 cm³/mol. The van der Waals surface area contributed by atoms with Gasteiger partial charge in [-0.2, -0.15) is 0 Å². The molecule has 74 valence electrons. The fraction of sp³-hybridized carbons (Fsp3) is 0.400. The molecule has 0 aliphatic rings. The lowest BCUT2D eigenvalue weighted by Gasteiger charge is -2.15. The normalized spacial score (nSPS) is 12.2. The Hall–Kier alpha value is -1.27. The first-order valence-corrected chi connectivity index (χ1v) is 4.71. The summed E-state index contributed by atoms with van der Waals surface area (Å²) in [5.41, 5.74) is 0. The minimum Gasteiger partial charge on any atom is -0.340 e. The molecule has 1 rings (SSSR count). The summed E-state index contributed by atoms with van der Waals surface area (Å²) in [5, 5.41) is 3.55. The summed E-state index contributed by atoms with van der Waals surface area (Å²) in [4.78, 5) is 8.00. The third-order valence-corrected chi connectivity index (χ3v) is 1.95. The molecule has 0 aromatic carbocycles. The Morgan fingerprint density at radius 3 is 2.43 bits per heavy atom. The minimum absolute atomic E-state index is 0.0591. The lowest BCUT2D eigenvalue weighted by Crippen LogP contribution is -2.24. The molecular formula is C10H12ClN3. The van der Waals surface area contributed by atoms with Gasteiger partial charge in [-0.15, -0.1) is 6.42 Å². The first-order chi connectivity index (χ1) is 6.63. The van der Waals surface area contributed by atoms with Crippen LogP contribution in [0.5, 0.6) is 0 Å². The maximum atomic E-state index is 5.65. The van der Waals surface area contributed by atoms with Crippen molar-refractivity contribution in [3.05, 3.63) is 17.4 Å². The summed E-state index contributed by atoms with van der Waals surface area (Å²) >= 11 is 5.65. The van der Waals surface area contributed by atoms with Crippen molar-refractivity contribution in [2.24, 2.45) is 5.92 Å². The van der Waals surface area contributed by atoms with Gasteiger partial charge in [-0.25, -0.2) is 9.97 Å². The molecule has 0 spiro atoms. The van der Waals surface area contributed by atoms with E-state index in [2.05, 4.69) is 21.2 Å². The van der Waals surface area contributed by atoms with Crippen molar-refractivity contribution >= 4 is 17.5 Å². The van der Waals surface area contributed by atoms with Crippen molar-refractivity contribution in [2.75, 3.05) is 5.32 Å². The van der Waals surface area contributed by atoms with E-state index in [0.29, 0.717) is 16.9 Å². The van der Waals surface area contributed by atoms with Crippen molar-refractivity contribution < 1.29 is 0 Å². The van der Waals surface area contributed by atoms with Crippen LogP contribution in [0.3, 0.4) is 0 Å². The average molecular weight is 210 g/mol. The highest BCUT2D eigenvalue weighted by atomic mass is 35.5. The summed E-state index contributed by atoms with van der Waals surface area (Å²) in [6.45, 7) is 4.07. The maximum Gasteiger partial charge on any atom is 0.223 e. The van der Waals surface area contributed by atoms with E-state index in [1.807, 2.05) is 13.8 Å². The van der Waals surface area contributed by atoms with E-state index in [9.17, 15) is 0 Å². The molecule has 0 bridgehead atoms. The molecule has 0 aliphatic heterocycles. The van der Waals surface area contributed by atoms with Crippen LogP contribution in [0.25, 0.3) is 0 Å². The van der Waals surface area contributed by atoms with E-state index in [-0.39, 0.29) is 6.04 Å². The van der Waals surface area contributed by atoms with Crippen LogP contribution in [0.1, 0.15) is 13.8 Å². The lowest BCUT2D eigenvalue weighted by molar-refractivity contribution is 0.610. The van der Waals surface area contributed by atoms with Crippen LogP contribution >= 0.6 is 11.6 Å². The Labute approximate surface area is 88.9 Å². The monoisotopic (exact) mass is 209 g/mol. The largest absolute Gasteiger partial charge is 0.340 e. The number of anilines is 1. The van der Waals surface area contributed by atoms with Crippen LogP contribution < -0.4 is 5.32 Å². The highest BCUT2D eigenvalue weighted by Crippen LogP contribution is 2.09. The Bertz CT molecular complexity index is 326. The molecule has 0 saturated heterocycles. The van der Waals surface area contributed by atoms with Gasteiger partial charge < -0.3 is 5.32 Å². The van der Waals surface area contributed by atoms with Gasteiger partial charge in [-0.1, -0.05) is 31.4 Å². The van der Waals surface area contributed by atoms with Crippen LogP contribution in [-0.4, -0.2) is 16.0 Å². The number of halogens is 1. The van der Waals surface area contributed by atoms with Gasteiger partial charge in [0.05, 0.1) is 23.5 Å². The summed E-state index contributed by atoms with van der Waals surface area (Å²) in [6.07, 6.45) is 8.42. The van der Waals surface area contributed by atoms with Crippen molar-refractivity contribution in [3.63, 3.8) is 0 Å². The van der Waals surface area contributed by atoms with Gasteiger partial charge in [0.1, 0.15) is 0 Å². The molecule has 0 amide bonds. The standard InChI is InChI=1S/C10H12ClN3/c1-4-9(7(2)3)14-10-12-5-8(11)6-13-10/h1,5-7,9H,2-3H3,(H,12,13,14). The predicted octanol–water partition coefficient (Wildman–Crippen LogP) is 2.20. The van der Waals surface area contributed by atoms with Crippen LogP contribution in [0.4, 0.5) is 5.95 Å². The van der Waals surface area contributed by atoms with Crippen molar-refractivity contribution in [2.45, 2.75) is 19.9 Å². The van der Waals surface area contributed by atoms with Crippen LogP contribution in [0.2, 0.25) is 5.02 Å². The molecular weight excluding hydrogens is 198 g/mol. The molecule has 4 heteroatoms. The molecule has 1 N–H and O–H groups in total. The van der Waals surface area contributed by atoms with Gasteiger partial charge in [0.2, 0.25) is 5.95 Å². The van der Waals surface area contributed by atoms with Crippen LogP contribution in [-0.2, 0) is 0 Å². The zero-order valence-electron chi connectivity index (χ0n) is 8.16. The first-order valence-electron chi connectivity index (χ1n) is 4.33. The molecule has 14 heavy (non-hydrogen) atoms. The van der Waals surface area contributed by atoms with Crippen LogP contribution in [0, 0.1) is 18.3 Å². The summed E-state index contributed by atoms with van der Waals surface area (Å²) in [7, 11) is 0. The molecule has 1 heterocycles. The van der Waals surface area contributed by atoms with Crippen molar-refractivity contribution in [1.82, 2.24) is 9.97 Å². The Morgan fingerprint density at radius 2 is 2.00 bits per heavy atom. The van der Waals surface area contributed by atoms with Crippen molar-refractivity contribution in [3.8, 4) is 12.3 Å².